The maximum atomic E-state index is 12.6. The molecule has 0 aliphatic rings. The summed E-state index contributed by atoms with van der Waals surface area (Å²) in [4.78, 5) is 37.5. The van der Waals surface area contributed by atoms with Crippen LogP contribution in [0, 0.1) is 0 Å². The van der Waals surface area contributed by atoms with Crippen LogP contribution in [0.4, 0.5) is 0 Å². The molecule has 64 heavy (non-hydrogen) atoms. The van der Waals surface area contributed by atoms with Crippen molar-refractivity contribution in [3.63, 3.8) is 0 Å². The lowest BCUT2D eigenvalue weighted by atomic mass is 10.0. The van der Waals surface area contributed by atoms with E-state index in [1.54, 1.807) is 0 Å². The number of hydrogen-bond acceptors (Lipinski definition) is 6. The van der Waals surface area contributed by atoms with Gasteiger partial charge in [-0.2, -0.15) is 0 Å². The van der Waals surface area contributed by atoms with Crippen molar-refractivity contribution in [2.45, 2.75) is 252 Å². The molecule has 0 saturated carbocycles. The Hall–Kier alpha value is -3.41. The van der Waals surface area contributed by atoms with E-state index < -0.39 is 6.10 Å². The molecule has 0 amide bonds. The van der Waals surface area contributed by atoms with Crippen molar-refractivity contribution in [2.75, 3.05) is 13.2 Å². The molecular weight excluding hydrogens is 793 g/mol. The van der Waals surface area contributed by atoms with Crippen LogP contribution in [0.15, 0.2) is 85.1 Å². The smallest absolute Gasteiger partial charge is 0.306 e. The number of hydrogen-bond donors (Lipinski definition) is 0. The van der Waals surface area contributed by atoms with Crippen molar-refractivity contribution >= 4 is 17.9 Å². The van der Waals surface area contributed by atoms with Gasteiger partial charge in [-0.05, 0) is 77.0 Å². The standard InChI is InChI=1S/C58H98O6/c1-4-7-10-13-16-17-18-19-20-21-22-23-24-25-26-27-28-29-30-31-32-33-34-35-36-37-38-39-40-41-43-45-48-51-57(60)63-54-55(53-62-56(59)50-47-44-15-12-9-6-3)64-58(61)52-49-46-42-14-11-8-5-2/h7,10,16-17,19-20,22-23,25-26,28-29,31-32,55H,4-6,8-9,11-15,18,21,24,27,30,33-54H2,1-3H3/b10-7-,17-16-,20-19-,23-22-,26-25-,29-28-,32-31-. The maximum Gasteiger partial charge on any atom is 0.306 e. The molecule has 0 bridgehead atoms. The van der Waals surface area contributed by atoms with Crippen LogP contribution in [0.2, 0.25) is 0 Å². The van der Waals surface area contributed by atoms with Crippen molar-refractivity contribution in [3.8, 4) is 0 Å². The first kappa shape index (κ1) is 60.6. The molecule has 0 radical (unpaired) electrons. The molecule has 0 aliphatic carbocycles. The second kappa shape index (κ2) is 52.2. The van der Waals surface area contributed by atoms with E-state index in [1.165, 1.54) is 103 Å². The minimum atomic E-state index is -0.768. The normalized spacial score (nSPS) is 12.7. The Balaban J connectivity index is 3.93. The van der Waals surface area contributed by atoms with Crippen LogP contribution in [-0.2, 0) is 28.6 Å². The van der Waals surface area contributed by atoms with Gasteiger partial charge in [0.2, 0.25) is 0 Å². The highest BCUT2D eigenvalue weighted by atomic mass is 16.6. The summed E-state index contributed by atoms with van der Waals surface area (Å²) in [6.45, 7) is 6.41. The molecule has 0 aromatic rings. The van der Waals surface area contributed by atoms with E-state index in [1.807, 2.05) is 0 Å². The zero-order valence-corrected chi connectivity index (χ0v) is 41.8. The Bertz CT molecular complexity index is 1250. The highest BCUT2D eigenvalue weighted by Crippen LogP contribution is 2.15. The number of allylic oxidation sites excluding steroid dienone is 14. The monoisotopic (exact) mass is 891 g/mol. The van der Waals surface area contributed by atoms with Gasteiger partial charge in [-0.1, -0.05) is 234 Å². The third-order valence-corrected chi connectivity index (χ3v) is 11.2. The number of unbranched alkanes of at least 4 members (excludes halogenated alkanes) is 22. The van der Waals surface area contributed by atoms with E-state index >= 15 is 0 Å². The van der Waals surface area contributed by atoms with Gasteiger partial charge < -0.3 is 14.2 Å². The zero-order chi connectivity index (χ0) is 46.5. The third kappa shape index (κ3) is 49.6. The van der Waals surface area contributed by atoms with Crippen LogP contribution >= 0.6 is 0 Å². The van der Waals surface area contributed by atoms with Gasteiger partial charge in [0, 0.05) is 19.3 Å². The van der Waals surface area contributed by atoms with Crippen LogP contribution < -0.4 is 0 Å². The Morgan fingerprint density at radius 3 is 0.953 bits per heavy atom. The summed E-state index contributed by atoms with van der Waals surface area (Å²) in [7, 11) is 0. The Kier molecular flexibility index (Phi) is 49.4. The van der Waals surface area contributed by atoms with E-state index in [0.29, 0.717) is 19.3 Å². The summed E-state index contributed by atoms with van der Waals surface area (Å²) >= 11 is 0. The number of rotatable bonds is 47. The van der Waals surface area contributed by atoms with Crippen molar-refractivity contribution in [2.24, 2.45) is 0 Å². The lowest BCUT2D eigenvalue weighted by Crippen LogP contribution is -2.30. The quantitative estimate of drug-likeness (QED) is 0.0262. The summed E-state index contributed by atoms with van der Waals surface area (Å²) in [6, 6.07) is 0. The second-order valence-electron chi connectivity index (χ2n) is 17.4. The molecular formula is C58H98O6. The lowest BCUT2D eigenvalue weighted by molar-refractivity contribution is -0.167. The van der Waals surface area contributed by atoms with E-state index in [-0.39, 0.29) is 31.1 Å². The molecule has 0 saturated heterocycles. The molecule has 1 unspecified atom stereocenters. The number of carbonyl (C=O) groups is 3. The molecule has 0 aromatic carbocycles. The summed E-state index contributed by atoms with van der Waals surface area (Å²) in [5.74, 6) is -0.896. The SMILES string of the molecule is CC/C=C\C/C=C\C/C=C\C/C=C\C/C=C\C/C=C\C/C=C\CCCCCCCCCCCCCC(=O)OCC(COC(=O)CCCCCCCC)OC(=O)CCCCCCCCC. The highest BCUT2D eigenvalue weighted by molar-refractivity contribution is 5.71. The highest BCUT2D eigenvalue weighted by Gasteiger charge is 2.19. The fraction of sp³-hybridized carbons (Fsp3) is 0.707. The van der Waals surface area contributed by atoms with Gasteiger partial charge in [0.05, 0.1) is 0 Å². The number of carbonyl (C=O) groups excluding carboxylic acids is 3. The Labute approximate surface area is 395 Å². The number of esters is 3. The lowest BCUT2D eigenvalue weighted by Gasteiger charge is -2.18. The van der Waals surface area contributed by atoms with Crippen molar-refractivity contribution in [1.29, 1.82) is 0 Å². The largest absolute Gasteiger partial charge is 0.462 e. The second-order valence-corrected chi connectivity index (χ2v) is 17.4. The van der Waals surface area contributed by atoms with Gasteiger partial charge in [0.15, 0.2) is 6.10 Å². The zero-order valence-electron chi connectivity index (χ0n) is 41.8. The minimum Gasteiger partial charge on any atom is -0.462 e. The molecule has 0 heterocycles. The van der Waals surface area contributed by atoms with E-state index in [2.05, 4.69) is 106 Å². The summed E-state index contributed by atoms with van der Waals surface area (Å²) in [6.07, 6.45) is 67.8. The van der Waals surface area contributed by atoms with Crippen LogP contribution in [0.5, 0.6) is 0 Å². The molecule has 366 valence electrons. The van der Waals surface area contributed by atoms with Gasteiger partial charge in [-0.15, -0.1) is 0 Å². The van der Waals surface area contributed by atoms with Gasteiger partial charge in [0.25, 0.3) is 0 Å². The van der Waals surface area contributed by atoms with Gasteiger partial charge in [-0.25, -0.2) is 0 Å². The predicted octanol–water partition coefficient (Wildman–Crippen LogP) is 17.6. The molecule has 0 aromatic heterocycles. The summed E-state index contributed by atoms with van der Waals surface area (Å²) < 4.78 is 16.6. The first-order valence-corrected chi connectivity index (χ1v) is 26.6. The van der Waals surface area contributed by atoms with Crippen LogP contribution in [-0.4, -0.2) is 37.2 Å². The van der Waals surface area contributed by atoms with Gasteiger partial charge in [0.1, 0.15) is 13.2 Å². The summed E-state index contributed by atoms with van der Waals surface area (Å²) in [5, 5.41) is 0. The Morgan fingerprint density at radius 2 is 0.609 bits per heavy atom. The molecule has 6 nitrogen and oxygen atoms in total. The maximum absolute atomic E-state index is 12.6. The minimum absolute atomic E-state index is 0.0750. The van der Waals surface area contributed by atoms with Gasteiger partial charge >= 0.3 is 17.9 Å². The van der Waals surface area contributed by atoms with E-state index in [0.717, 1.165) is 103 Å². The summed E-state index contributed by atoms with van der Waals surface area (Å²) in [5.41, 5.74) is 0. The Morgan fingerprint density at radius 1 is 0.328 bits per heavy atom. The van der Waals surface area contributed by atoms with E-state index in [4.69, 9.17) is 14.2 Å². The van der Waals surface area contributed by atoms with Crippen molar-refractivity contribution in [3.05, 3.63) is 85.1 Å². The molecule has 0 aliphatic heterocycles. The third-order valence-electron chi connectivity index (χ3n) is 11.2. The molecule has 0 spiro atoms. The fourth-order valence-electron chi connectivity index (χ4n) is 7.19. The average molecular weight is 891 g/mol. The van der Waals surface area contributed by atoms with Crippen LogP contribution in [0.3, 0.4) is 0 Å². The first-order chi connectivity index (χ1) is 31.5. The van der Waals surface area contributed by atoms with E-state index in [9.17, 15) is 14.4 Å². The van der Waals surface area contributed by atoms with Crippen molar-refractivity contribution in [1.82, 2.24) is 0 Å². The fourth-order valence-corrected chi connectivity index (χ4v) is 7.19. The molecule has 0 rings (SSSR count). The van der Waals surface area contributed by atoms with Gasteiger partial charge in [-0.3, -0.25) is 14.4 Å². The van der Waals surface area contributed by atoms with Crippen LogP contribution in [0.1, 0.15) is 245 Å². The number of ether oxygens (including phenoxy) is 3. The average Bonchev–Trinajstić information content (AvgIpc) is 3.29. The molecule has 1 atom stereocenters. The predicted molar refractivity (Wildman–Crippen MR) is 274 cm³/mol. The first-order valence-electron chi connectivity index (χ1n) is 26.6. The van der Waals surface area contributed by atoms with Crippen molar-refractivity contribution < 1.29 is 28.6 Å². The molecule has 0 N–H and O–H groups in total. The molecule has 0 fully saturated rings. The topological polar surface area (TPSA) is 78.9 Å². The van der Waals surface area contributed by atoms with Crippen LogP contribution in [0.25, 0.3) is 0 Å². The molecule has 6 heteroatoms.